The Bertz CT molecular complexity index is 1020. The second-order valence-electron chi connectivity index (χ2n) is 7.34. The summed E-state index contributed by atoms with van der Waals surface area (Å²) in [6.07, 6.45) is 0. The monoisotopic (exact) mass is 378 g/mol. The molecule has 0 saturated carbocycles. The molecule has 6 nitrogen and oxygen atoms in total. The Labute approximate surface area is 165 Å². The van der Waals surface area contributed by atoms with Crippen molar-refractivity contribution in [2.24, 2.45) is 5.92 Å². The highest BCUT2D eigenvalue weighted by atomic mass is 16.2. The van der Waals surface area contributed by atoms with Crippen molar-refractivity contribution in [3.63, 3.8) is 0 Å². The van der Waals surface area contributed by atoms with Gasteiger partial charge in [-0.15, -0.1) is 0 Å². The summed E-state index contributed by atoms with van der Waals surface area (Å²) >= 11 is 0. The van der Waals surface area contributed by atoms with Gasteiger partial charge in [0.2, 0.25) is 11.8 Å². The fourth-order valence-electron chi connectivity index (χ4n) is 3.09. The summed E-state index contributed by atoms with van der Waals surface area (Å²) in [4.78, 5) is 29.3. The van der Waals surface area contributed by atoms with Gasteiger partial charge in [-0.25, -0.2) is 4.98 Å². The van der Waals surface area contributed by atoms with Gasteiger partial charge in [-0.3, -0.25) is 9.59 Å². The molecule has 2 amide bonds. The van der Waals surface area contributed by atoms with Crippen molar-refractivity contribution in [1.82, 2.24) is 14.9 Å². The topological polar surface area (TPSA) is 76.0 Å². The van der Waals surface area contributed by atoms with E-state index in [-0.39, 0.29) is 30.8 Å². The average Bonchev–Trinajstić information content (AvgIpc) is 2.99. The number of para-hydroxylation sites is 2. The van der Waals surface area contributed by atoms with Crippen molar-refractivity contribution < 1.29 is 9.59 Å². The van der Waals surface area contributed by atoms with Crippen molar-refractivity contribution in [2.75, 3.05) is 5.32 Å². The maximum atomic E-state index is 12.7. The van der Waals surface area contributed by atoms with E-state index in [1.807, 2.05) is 74.7 Å². The fraction of sp³-hybridized carbons (Fsp3) is 0.318. The largest absolute Gasteiger partial charge is 0.349 e. The Balaban J connectivity index is 1.83. The molecular formula is C22H26N4O2. The molecule has 1 aromatic heterocycles. The Hall–Kier alpha value is -3.15. The van der Waals surface area contributed by atoms with Gasteiger partial charge in [-0.05, 0) is 37.6 Å². The van der Waals surface area contributed by atoms with Crippen LogP contribution in [0.1, 0.15) is 30.8 Å². The molecule has 0 aliphatic heterocycles. The summed E-state index contributed by atoms with van der Waals surface area (Å²) in [6, 6.07) is 13.6. The number of carbonyl (C=O) groups is 2. The molecule has 2 aromatic carbocycles. The van der Waals surface area contributed by atoms with Gasteiger partial charge in [-0.1, -0.05) is 43.7 Å². The van der Waals surface area contributed by atoms with Crippen molar-refractivity contribution in [2.45, 2.75) is 40.8 Å². The standard InChI is InChI=1S/C22H26N4O2/c1-14(2)22(28)23-12-20-24-18-7-5-6-8-19(18)26(20)13-21(27)25-17-10-9-15(3)11-16(17)4/h5-11,14H,12-13H2,1-4H3,(H,23,28)(H,25,27). The molecule has 3 aromatic rings. The van der Waals surface area contributed by atoms with E-state index < -0.39 is 0 Å². The number of nitrogens with one attached hydrogen (secondary N) is 2. The summed E-state index contributed by atoms with van der Waals surface area (Å²) in [7, 11) is 0. The third kappa shape index (κ3) is 4.39. The van der Waals surface area contributed by atoms with E-state index in [1.54, 1.807) is 0 Å². The summed E-state index contributed by atoms with van der Waals surface area (Å²) in [5.41, 5.74) is 4.64. The average molecular weight is 378 g/mol. The van der Waals surface area contributed by atoms with Crippen LogP contribution in [0.3, 0.4) is 0 Å². The predicted molar refractivity (Wildman–Crippen MR) is 111 cm³/mol. The Kier molecular flexibility index (Phi) is 5.78. The molecule has 0 spiro atoms. The van der Waals surface area contributed by atoms with Gasteiger partial charge in [0.25, 0.3) is 0 Å². The number of fused-ring (bicyclic) bond motifs is 1. The quantitative estimate of drug-likeness (QED) is 0.689. The first-order valence-corrected chi connectivity index (χ1v) is 9.44. The number of hydrogen-bond acceptors (Lipinski definition) is 3. The molecule has 0 fully saturated rings. The second-order valence-corrected chi connectivity index (χ2v) is 7.34. The van der Waals surface area contributed by atoms with E-state index >= 15 is 0 Å². The minimum atomic E-state index is -0.133. The van der Waals surface area contributed by atoms with Gasteiger partial charge in [0.15, 0.2) is 0 Å². The van der Waals surface area contributed by atoms with E-state index in [0.717, 1.165) is 27.8 Å². The molecule has 146 valence electrons. The number of anilines is 1. The number of amides is 2. The Morgan fingerprint density at radius 2 is 1.86 bits per heavy atom. The molecule has 0 saturated heterocycles. The number of nitrogens with zero attached hydrogens (tertiary/aromatic N) is 2. The minimum absolute atomic E-state index is 0.0432. The van der Waals surface area contributed by atoms with Crippen LogP contribution < -0.4 is 10.6 Å². The van der Waals surface area contributed by atoms with Gasteiger partial charge in [0.05, 0.1) is 17.6 Å². The number of imidazole rings is 1. The van der Waals surface area contributed by atoms with Crippen molar-refractivity contribution in [3.05, 3.63) is 59.4 Å². The van der Waals surface area contributed by atoms with Crippen LogP contribution in [0.25, 0.3) is 11.0 Å². The number of carbonyl (C=O) groups excluding carboxylic acids is 2. The lowest BCUT2D eigenvalue weighted by molar-refractivity contribution is -0.124. The molecule has 0 bridgehead atoms. The first kappa shape index (κ1) is 19.6. The van der Waals surface area contributed by atoms with Gasteiger partial charge < -0.3 is 15.2 Å². The Morgan fingerprint density at radius 1 is 1.11 bits per heavy atom. The highest BCUT2D eigenvalue weighted by Gasteiger charge is 2.15. The lowest BCUT2D eigenvalue weighted by Gasteiger charge is -2.13. The molecule has 28 heavy (non-hydrogen) atoms. The zero-order chi connectivity index (χ0) is 20.3. The SMILES string of the molecule is Cc1ccc(NC(=O)Cn2c(CNC(=O)C(C)C)nc3ccccc32)c(C)c1. The van der Waals surface area contributed by atoms with E-state index in [4.69, 9.17) is 0 Å². The Morgan fingerprint density at radius 3 is 2.57 bits per heavy atom. The van der Waals surface area contributed by atoms with Crippen molar-refractivity contribution >= 4 is 28.5 Å². The maximum absolute atomic E-state index is 12.7. The number of aromatic nitrogens is 2. The maximum Gasteiger partial charge on any atom is 0.244 e. The number of aryl methyl sites for hydroxylation is 2. The zero-order valence-electron chi connectivity index (χ0n) is 16.7. The van der Waals surface area contributed by atoms with Crippen LogP contribution in [-0.4, -0.2) is 21.4 Å². The molecular weight excluding hydrogens is 352 g/mol. The van der Waals surface area contributed by atoms with Crippen LogP contribution in [-0.2, 0) is 22.7 Å². The van der Waals surface area contributed by atoms with E-state index in [2.05, 4.69) is 15.6 Å². The lowest BCUT2D eigenvalue weighted by Crippen LogP contribution is -2.29. The summed E-state index contributed by atoms with van der Waals surface area (Å²) in [5.74, 6) is 0.376. The third-order valence-electron chi connectivity index (χ3n) is 4.64. The normalized spacial score (nSPS) is 11.0. The second kappa shape index (κ2) is 8.25. The molecule has 3 rings (SSSR count). The van der Waals surface area contributed by atoms with Crippen molar-refractivity contribution in [1.29, 1.82) is 0 Å². The molecule has 0 aliphatic rings. The highest BCUT2D eigenvalue weighted by Crippen LogP contribution is 2.18. The molecule has 0 unspecified atom stereocenters. The highest BCUT2D eigenvalue weighted by molar-refractivity contribution is 5.92. The van der Waals surface area contributed by atoms with Gasteiger partial charge in [0.1, 0.15) is 12.4 Å². The van der Waals surface area contributed by atoms with E-state index in [1.165, 1.54) is 0 Å². The van der Waals surface area contributed by atoms with Crippen molar-refractivity contribution in [3.8, 4) is 0 Å². The molecule has 2 N–H and O–H groups in total. The van der Waals surface area contributed by atoms with Crippen LogP contribution in [0.5, 0.6) is 0 Å². The predicted octanol–water partition coefficient (Wildman–Crippen LogP) is 3.56. The lowest BCUT2D eigenvalue weighted by atomic mass is 10.1. The van der Waals surface area contributed by atoms with Gasteiger partial charge >= 0.3 is 0 Å². The molecule has 0 atom stereocenters. The zero-order valence-corrected chi connectivity index (χ0v) is 16.7. The summed E-state index contributed by atoms with van der Waals surface area (Å²) in [6.45, 7) is 8.09. The summed E-state index contributed by atoms with van der Waals surface area (Å²) in [5, 5.41) is 5.86. The first-order valence-electron chi connectivity index (χ1n) is 9.44. The molecule has 0 aliphatic carbocycles. The fourth-order valence-corrected chi connectivity index (χ4v) is 3.09. The van der Waals surface area contributed by atoms with E-state index in [0.29, 0.717) is 5.82 Å². The van der Waals surface area contributed by atoms with Gasteiger partial charge in [0, 0.05) is 11.6 Å². The van der Waals surface area contributed by atoms with Crippen LogP contribution in [0.15, 0.2) is 42.5 Å². The van der Waals surface area contributed by atoms with Crippen LogP contribution >= 0.6 is 0 Å². The minimum Gasteiger partial charge on any atom is -0.349 e. The van der Waals surface area contributed by atoms with Gasteiger partial charge in [-0.2, -0.15) is 0 Å². The smallest absolute Gasteiger partial charge is 0.244 e. The number of rotatable bonds is 6. The first-order chi connectivity index (χ1) is 13.3. The van der Waals surface area contributed by atoms with Crippen LogP contribution in [0, 0.1) is 19.8 Å². The number of hydrogen-bond donors (Lipinski definition) is 2. The van der Waals surface area contributed by atoms with Crippen LogP contribution in [0.2, 0.25) is 0 Å². The molecule has 0 radical (unpaired) electrons. The summed E-state index contributed by atoms with van der Waals surface area (Å²) < 4.78 is 1.86. The van der Waals surface area contributed by atoms with E-state index in [9.17, 15) is 9.59 Å². The van der Waals surface area contributed by atoms with Crippen LogP contribution in [0.4, 0.5) is 5.69 Å². The third-order valence-corrected chi connectivity index (χ3v) is 4.64. The molecule has 6 heteroatoms. The molecule has 1 heterocycles. The number of benzene rings is 2.